The van der Waals surface area contributed by atoms with Crippen molar-refractivity contribution >= 4 is 17.3 Å². The molecule has 0 saturated heterocycles. The van der Waals surface area contributed by atoms with Crippen LogP contribution in [0, 0.1) is 17.0 Å². The van der Waals surface area contributed by atoms with Crippen molar-refractivity contribution in [1.29, 1.82) is 0 Å². The highest BCUT2D eigenvalue weighted by molar-refractivity contribution is 6.04. The predicted molar refractivity (Wildman–Crippen MR) is 89.4 cm³/mol. The van der Waals surface area contributed by atoms with Gasteiger partial charge in [-0.1, -0.05) is 12.1 Å². The van der Waals surface area contributed by atoms with E-state index in [1.165, 1.54) is 23.0 Å². The number of hydrogen-bond donors (Lipinski definition) is 1. The quantitative estimate of drug-likeness (QED) is 0.589. The molecule has 0 aliphatic carbocycles. The van der Waals surface area contributed by atoms with Crippen molar-refractivity contribution < 1.29 is 9.72 Å². The summed E-state index contributed by atoms with van der Waals surface area (Å²) in [6.07, 6.45) is 3.03. The number of non-ortho nitro benzene ring substituents is 1. The maximum atomic E-state index is 12.3. The highest BCUT2D eigenvalue weighted by Gasteiger charge is 2.11. The van der Waals surface area contributed by atoms with Gasteiger partial charge in [0.25, 0.3) is 11.6 Å². The Balaban J connectivity index is 1.77. The molecular formula is C17H14N4O3. The molecule has 0 unspecified atom stereocenters. The van der Waals surface area contributed by atoms with Gasteiger partial charge >= 0.3 is 0 Å². The standard InChI is InChI=1S/C17H14N4O3/c1-12-3-2-4-14(9-12)19-17(22)13-10-18-20(11-13)15-5-7-16(8-6-15)21(23)24/h2-11H,1H3,(H,19,22). The van der Waals surface area contributed by atoms with Crippen LogP contribution in [0.25, 0.3) is 5.69 Å². The van der Waals surface area contributed by atoms with Gasteiger partial charge in [-0.2, -0.15) is 5.10 Å². The van der Waals surface area contributed by atoms with E-state index in [9.17, 15) is 14.9 Å². The van der Waals surface area contributed by atoms with Crippen LogP contribution in [0.5, 0.6) is 0 Å². The zero-order valence-corrected chi connectivity index (χ0v) is 12.8. The van der Waals surface area contributed by atoms with Gasteiger partial charge in [0.2, 0.25) is 0 Å². The van der Waals surface area contributed by atoms with Gasteiger partial charge in [-0.3, -0.25) is 14.9 Å². The van der Waals surface area contributed by atoms with Crippen LogP contribution in [-0.2, 0) is 0 Å². The van der Waals surface area contributed by atoms with Crippen molar-refractivity contribution in [2.24, 2.45) is 0 Å². The molecule has 0 atom stereocenters. The van der Waals surface area contributed by atoms with Crippen LogP contribution >= 0.6 is 0 Å². The highest BCUT2D eigenvalue weighted by Crippen LogP contribution is 2.16. The second-order valence-electron chi connectivity index (χ2n) is 5.27. The number of anilines is 1. The van der Waals surface area contributed by atoms with Crippen LogP contribution in [-0.4, -0.2) is 20.6 Å². The van der Waals surface area contributed by atoms with Crippen LogP contribution in [0.4, 0.5) is 11.4 Å². The summed E-state index contributed by atoms with van der Waals surface area (Å²) in [5.41, 5.74) is 2.80. The molecule has 3 rings (SSSR count). The number of nitro groups is 1. The van der Waals surface area contributed by atoms with Crippen molar-refractivity contribution in [2.75, 3.05) is 5.32 Å². The maximum Gasteiger partial charge on any atom is 0.269 e. The first kappa shape index (κ1) is 15.4. The Morgan fingerprint density at radius 3 is 2.62 bits per heavy atom. The molecule has 0 aliphatic rings. The number of benzene rings is 2. The number of aromatic nitrogens is 2. The lowest BCUT2D eigenvalue weighted by Gasteiger charge is -2.04. The Bertz CT molecular complexity index is 900. The average molecular weight is 322 g/mol. The summed E-state index contributed by atoms with van der Waals surface area (Å²) in [4.78, 5) is 22.5. The first-order valence-electron chi connectivity index (χ1n) is 7.20. The van der Waals surface area contributed by atoms with E-state index in [2.05, 4.69) is 10.4 Å². The van der Waals surface area contributed by atoms with Crippen LogP contribution < -0.4 is 5.32 Å². The Hall–Kier alpha value is -3.48. The average Bonchev–Trinajstić information content (AvgIpc) is 3.05. The lowest BCUT2D eigenvalue weighted by molar-refractivity contribution is -0.384. The van der Waals surface area contributed by atoms with Crippen molar-refractivity contribution in [3.63, 3.8) is 0 Å². The molecule has 3 aromatic rings. The van der Waals surface area contributed by atoms with Gasteiger partial charge in [0.05, 0.1) is 22.4 Å². The molecule has 0 radical (unpaired) electrons. The van der Waals surface area contributed by atoms with Crippen LogP contribution in [0.2, 0.25) is 0 Å². The number of nitrogens with one attached hydrogen (secondary N) is 1. The van der Waals surface area contributed by atoms with Gasteiger partial charge in [-0.25, -0.2) is 4.68 Å². The summed E-state index contributed by atoms with van der Waals surface area (Å²) in [6.45, 7) is 1.95. The fourth-order valence-corrected chi connectivity index (χ4v) is 2.23. The van der Waals surface area contributed by atoms with E-state index in [0.29, 0.717) is 16.9 Å². The fraction of sp³-hybridized carbons (Fsp3) is 0.0588. The Morgan fingerprint density at radius 1 is 1.21 bits per heavy atom. The van der Waals surface area contributed by atoms with Crippen LogP contribution in [0.1, 0.15) is 15.9 Å². The van der Waals surface area contributed by atoms with Gasteiger partial charge < -0.3 is 5.32 Å². The SMILES string of the molecule is Cc1cccc(NC(=O)c2cnn(-c3ccc([N+](=O)[O-])cc3)c2)c1. The van der Waals surface area contributed by atoms with Crippen LogP contribution in [0.15, 0.2) is 60.9 Å². The van der Waals surface area contributed by atoms with E-state index in [1.807, 2.05) is 31.2 Å². The summed E-state index contributed by atoms with van der Waals surface area (Å²) in [5, 5.41) is 17.6. The van der Waals surface area contributed by atoms with Gasteiger partial charge in [0, 0.05) is 24.0 Å². The lowest BCUT2D eigenvalue weighted by atomic mass is 10.2. The molecule has 0 bridgehead atoms. The molecule has 1 amide bonds. The normalized spacial score (nSPS) is 10.4. The summed E-state index contributed by atoms with van der Waals surface area (Å²) >= 11 is 0. The molecular weight excluding hydrogens is 308 g/mol. The molecule has 1 aromatic heterocycles. The lowest BCUT2D eigenvalue weighted by Crippen LogP contribution is -2.11. The topological polar surface area (TPSA) is 90.1 Å². The first-order valence-corrected chi connectivity index (χ1v) is 7.20. The Kier molecular flexibility index (Phi) is 4.07. The largest absolute Gasteiger partial charge is 0.322 e. The number of carbonyl (C=O) groups is 1. The van der Waals surface area contributed by atoms with Gasteiger partial charge in [0.1, 0.15) is 0 Å². The van der Waals surface area contributed by atoms with Crippen molar-refractivity contribution in [3.8, 4) is 5.69 Å². The molecule has 0 spiro atoms. The summed E-state index contributed by atoms with van der Waals surface area (Å²) in [6, 6.07) is 13.4. The van der Waals surface area contributed by atoms with Gasteiger partial charge in [0.15, 0.2) is 0 Å². The Morgan fingerprint density at radius 2 is 1.96 bits per heavy atom. The second kappa shape index (κ2) is 6.33. The minimum absolute atomic E-state index is 0.00307. The summed E-state index contributed by atoms with van der Waals surface area (Å²) in [7, 11) is 0. The number of carbonyl (C=O) groups excluding carboxylic acids is 1. The van der Waals surface area contributed by atoms with Crippen molar-refractivity contribution in [3.05, 3.63) is 82.2 Å². The van der Waals surface area contributed by atoms with Crippen LogP contribution in [0.3, 0.4) is 0 Å². The molecule has 120 valence electrons. The molecule has 1 heterocycles. The summed E-state index contributed by atoms with van der Waals surface area (Å²) < 4.78 is 1.49. The molecule has 1 N–H and O–H groups in total. The van der Waals surface area contributed by atoms with E-state index < -0.39 is 4.92 Å². The van der Waals surface area contributed by atoms with E-state index in [1.54, 1.807) is 18.3 Å². The third kappa shape index (κ3) is 3.30. The smallest absolute Gasteiger partial charge is 0.269 e. The zero-order valence-electron chi connectivity index (χ0n) is 12.8. The molecule has 7 heteroatoms. The van der Waals surface area contributed by atoms with E-state index in [-0.39, 0.29) is 11.6 Å². The van der Waals surface area contributed by atoms with Gasteiger partial charge in [-0.15, -0.1) is 0 Å². The minimum Gasteiger partial charge on any atom is -0.322 e. The minimum atomic E-state index is -0.465. The van der Waals surface area contributed by atoms with E-state index >= 15 is 0 Å². The molecule has 0 aliphatic heterocycles. The first-order chi connectivity index (χ1) is 11.5. The zero-order chi connectivity index (χ0) is 17.1. The molecule has 0 fully saturated rings. The highest BCUT2D eigenvalue weighted by atomic mass is 16.6. The third-order valence-corrected chi connectivity index (χ3v) is 3.45. The fourth-order valence-electron chi connectivity index (χ4n) is 2.23. The molecule has 24 heavy (non-hydrogen) atoms. The van der Waals surface area contributed by atoms with E-state index in [0.717, 1.165) is 5.56 Å². The number of hydrogen-bond acceptors (Lipinski definition) is 4. The van der Waals surface area contributed by atoms with Crippen molar-refractivity contribution in [2.45, 2.75) is 6.92 Å². The summed E-state index contributed by atoms with van der Waals surface area (Å²) in [5.74, 6) is -0.270. The maximum absolute atomic E-state index is 12.3. The van der Waals surface area contributed by atoms with Gasteiger partial charge in [-0.05, 0) is 36.8 Å². The predicted octanol–water partition coefficient (Wildman–Crippen LogP) is 3.34. The Labute approximate surface area is 137 Å². The number of rotatable bonds is 4. The number of nitro benzene ring substituents is 1. The number of nitrogens with zero attached hydrogens (tertiary/aromatic N) is 3. The molecule has 7 nitrogen and oxygen atoms in total. The second-order valence-corrected chi connectivity index (χ2v) is 5.27. The monoisotopic (exact) mass is 322 g/mol. The van der Waals surface area contributed by atoms with E-state index in [4.69, 9.17) is 0 Å². The van der Waals surface area contributed by atoms with Crippen molar-refractivity contribution in [1.82, 2.24) is 9.78 Å². The number of amides is 1. The number of aryl methyl sites for hydroxylation is 1. The molecule has 0 saturated carbocycles. The third-order valence-electron chi connectivity index (χ3n) is 3.45. The molecule has 2 aromatic carbocycles.